The molecule has 1 unspecified atom stereocenters. The second-order valence-electron chi connectivity index (χ2n) is 6.77. The quantitative estimate of drug-likeness (QED) is 0.430. The Labute approximate surface area is 171 Å². The van der Waals surface area contributed by atoms with Gasteiger partial charge in [0.1, 0.15) is 0 Å². The summed E-state index contributed by atoms with van der Waals surface area (Å²) in [5.41, 5.74) is 2.34. The van der Waals surface area contributed by atoms with Gasteiger partial charge in [0.15, 0.2) is 15.6 Å². The van der Waals surface area contributed by atoms with Crippen LogP contribution in [-0.4, -0.2) is 46.2 Å². The molecule has 4 heterocycles. The highest BCUT2D eigenvalue weighted by molar-refractivity contribution is 7.99. The molecule has 3 aromatic heterocycles. The zero-order valence-corrected chi connectivity index (χ0v) is 17.9. The average molecular weight is 438 g/mol. The van der Waals surface area contributed by atoms with E-state index in [0.717, 1.165) is 16.3 Å². The minimum Gasteiger partial charge on any atom is -0.410 e. The van der Waals surface area contributed by atoms with Gasteiger partial charge in [-0.05, 0) is 37.8 Å². The number of ketones is 1. The van der Waals surface area contributed by atoms with Crippen molar-refractivity contribution in [2.45, 2.75) is 31.5 Å². The molecule has 0 saturated carbocycles. The molecular formula is C18H19N3O4S3. The summed E-state index contributed by atoms with van der Waals surface area (Å²) < 4.78 is 31.2. The summed E-state index contributed by atoms with van der Waals surface area (Å²) >= 11 is 2.72. The number of hydrogen-bond donors (Lipinski definition) is 0. The lowest BCUT2D eigenvalue weighted by molar-refractivity contribution is 0.102. The van der Waals surface area contributed by atoms with Gasteiger partial charge in [-0.2, -0.15) is 0 Å². The van der Waals surface area contributed by atoms with Crippen molar-refractivity contribution in [1.82, 2.24) is 14.8 Å². The highest BCUT2D eigenvalue weighted by Crippen LogP contribution is 2.31. The second kappa shape index (κ2) is 7.49. The van der Waals surface area contributed by atoms with E-state index in [2.05, 4.69) is 10.2 Å². The molecule has 10 heteroatoms. The van der Waals surface area contributed by atoms with Gasteiger partial charge in [0, 0.05) is 23.0 Å². The number of rotatable bonds is 6. The van der Waals surface area contributed by atoms with Crippen LogP contribution in [0, 0.1) is 13.8 Å². The van der Waals surface area contributed by atoms with Gasteiger partial charge < -0.3 is 8.98 Å². The third-order valence-corrected chi connectivity index (χ3v) is 8.25. The van der Waals surface area contributed by atoms with Gasteiger partial charge in [0.25, 0.3) is 11.1 Å². The summed E-state index contributed by atoms with van der Waals surface area (Å²) in [5.74, 6) is 0.933. The Morgan fingerprint density at radius 1 is 1.39 bits per heavy atom. The summed E-state index contributed by atoms with van der Waals surface area (Å²) in [4.78, 5) is 13.6. The molecule has 0 bridgehead atoms. The normalized spacial score (nSPS) is 18.6. The Hall–Kier alpha value is -1.91. The number of aromatic nitrogens is 3. The van der Waals surface area contributed by atoms with Crippen LogP contribution in [-0.2, 0) is 9.84 Å². The van der Waals surface area contributed by atoms with E-state index in [4.69, 9.17) is 4.42 Å². The number of hydrogen-bond acceptors (Lipinski definition) is 8. The third-order valence-electron chi connectivity index (χ3n) is 4.82. The van der Waals surface area contributed by atoms with Crippen LogP contribution in [0.25, 0.3) is 10.8 Å². The maximum atomic E-state index is 12.7. The highest BCUT2D eigenvalue weighted by atomic mass is 32.2. The first-order valence-electron chi connectivity index (χ1n) is 8.76. The molecule has 0 N–H and O–H groups in total. The van der Waals surface area contributed by atoms with E-state index >= 15 is 0 Å². The largest absolute Gasteiger partial charge is 0.410 e. The fourth-order valence-electron chi connectivity index (χ4n) is 3.57. The van der Waals surface area contributed by atoms with Crippen molar-refractivity contribution >= 4 is 38.7 Å². The molecular weight excluding hydrogens is 418 g/mol. The van der Waals surface area contributed by atoms with Crippen LogP contribution in [0.4, 0.5) is 0 Å². The number of carbonyl (C=O) groups is 1. The van der Waals surface area contributed by atoms with E-state index < -0.39 is 9.84 Å². The minimum absolute atomic E-state index is 0.0407. The van der Waals surface area contributed by atoms with Gasteiger partial charge in [-0.25, -0.2) is 8.42 Å². The van der Waals surface area contributed by atoms with Crippen LogP contribution in [0.2, 0.25) is 0 Å². The van der Waals surface area contributed by atoms with E-state index in [1.165, 1.54) is 23.1 Å². The van der Waals surface area contributed by atoms with Gasteiger partial charge in [-0.3, -0.25) is 4.79 Å². The fraction of sp³-hybridized carbons (Fsp3) is 0.389. The third kappa shape index (κ3) is 3.81. The van der Waals surface area contributed by atoms with Crippen molar-refractivity contribution in [3.63, 3.8) is 0 Å². The van der Waals surface area contributed by atoms with Gasteiger partial charge in [0.2, 0.25) is 0 Å². The highest BCUT2D eigenvalue weighted by Gasteiger charge is 2.31. The number of thioether (sulfide) groups is 1. The Bertz CT molecular complexity index is 1110. The van der Waals surface area contributed by atoms with Crippen LogP contribution >= 0.6 is 23.1 Å². The molecule has 1 atom stereocenters. The van der Waals surface area contributed by atoms with Crippen LogP contribution in [0.15, 0.2) is 33.2 Å². The molecule has 0 aromatic carbocycles. The molecule has 148 valence electrons. The molecule has 3 aromatic rings. The van der Waals surface area contributed by atoms with Crippen molar-refractivity contribution in [2.75, 3.05) is 17.3 Å². The Morgan fingerprint density at radius 3 is 2.89 bits per heavy atom. The number of nitrogens with zero attached hydrogens (tertiary/aromatic N) is 3. The Balaban J connectivity index is 1.46. The fourth-order valence-corrected chi connectivity index (χ4v) is 6.56. The van der Waals surface area contributed by atoms with Crippen molar-refractivity contribution < 1.29 is 17.6 Å². The van der Waals surface area contributed by atoms with E-state index in [1.807, 2.05) is 42.0 Å². The second-order valence-corrected chi connectivity index (χ2v) is 10.9. The molecule has 0 spiro atoms. The van der Waals surface area contributed by atoms with Crippen LogP contribution < -0.4 is 0 Å². The summed E-state index contributed by atoms with van der Waals surface area (Å²) in [6.45, 7) is 3.78. The zero-order valence-electron chi connectivity index (χ0n) is 15.4. The maximum absolute atomic E-state index is 12.7. The smallest absolute Gasteiger partial charge is 0.277 e. The number of carbonyl (C=O) groups excluding carboxylic acids is 1. The Morgan fingerprint density at radius 2 is 2.21 bits per heavy atom. The van der Waals surface area contributed by atoms with E-state index in [1.54, 1.807) is 0 Å². The predicted molar refractivity (Wildman–Crippen MR) is 109 cm³/mol. The molecule has 0 amide bonds. The van der Waals surface area contributed by atoms with Crippen molar-refractivity contribution in [2.24, 2.45) is 0 Å². The molecule has 4 rings (SSSR count). The van der Waals surface area contributed by atoms with E-state index in [0.29, 0.717) is 23.1 Å². The monoisotopic (exact) mass is 437 g/mol. The predicted octanol–water partition coefficient (Wildman–Crippen LogP) is 3.55. The molecule has 28 heavy (non-hydrogen) atoms. The lowest BCUT2D eigenvalue weighted by Crippen LogP contribution is -2.14. The molecule has 1 saturated heterocycles. The first-order valence-corrected chi connectivity index (χ1v) is 12.4. The molecule has 0 aliphatic carbocycles. The van der Waals surface area contributed by atoms with Crippen LogP contribution in [0.5, 0.6) is 0 Å². The number of Topliss-reactive ketones (excluding diaryl/α,β-unsaturated/α-hetero) is 1. The van der Waals surface area contributed by atoms with Crippen LogP contribution in [0.1, 0.15) is 34.2 Å². The topological polar surface area (TPSA) is 95.1 Å². The van der Waals surface area contributed by atoms with Gasteiger partial charge >= 0.3 is 0 Å². The zero-order chi connectivity index (χ0) is 19.9. The van der Waals surface area contributed by atoms with Crippen LogP contribution in [0.3, 0.4) is 0 Å². The maximum Gasteiger partial charge on any atom is 0.277 e. The molecule has 1 fully saturated rings. The number of aryl methyl sites for hydroxylation is 1. The summed E-state index contributed by atoms with van der Waals surface area (Å²) in [6, 6.07) is 5.55. The molecule has 7 nitrogen and oxygen atoms in total. The summed E-state index contributed by atoms with van der Waals surface area (Å²) in [5, 5.41) is 10.3. The van der Waals surface area contributed by atoms with E-state index in [-0.39, 0.29) is 29.1 Å². The van der Waals surface area contributed by atoms with E-state index in [9.17, 15) is 13.2 Å². The molecule has 0 radical (unpaired) electrons. The van der Waals surface area contributed by atoms with Gasteiger partial charge in [-0.15, -0.1) is 21.5 Å². The van der Waals surface area contributed by atoms with Crippen molar-refractivity contribution in [3.05, 3.63) is 40.5 Å². The number of sulfone groups is 1. The summed E-state index contributed by atoms with van der Waals surface area (Å²) in [6.07, 6.45) is 0.592. The van der Waals surface area contributed by atoms with Crippen molar-refractivity contribution in [1.29, 1.82) is 0 Å². The lowest BCUT2D eigenvalue weighted by atomic mass is 10.2. The standard InChI is InChI=1S/C18H19N3O4S3/c1-11-8-14(12(2)21(11)13-5-7-28(23,24)10-13)15(22)9-27-18-20-19-17(25-18)16-4-3-6-26-16/h3-4,6,8,13H,5,7,9-10H2,1-2H3. The molecule has 1 aliphatic heterocycles. The Kier molecular flexibility index (Phi) is 5.19. The SMILES string of the molecule is Cc1cc(C(=O)CSc2nnc(-c3cccs3)o2)c(C)n1C1CCS(=O)(=O)C1. The van der Waals surface area contributed by atoms with Gasteiger partial charge in [-0.1, -0.05) is 17.8 Å². The number of thiophene rings is 1. The lowest BCUT2D eigenvalue weighted by Gasteiger charge is -2.16. The molecule has 1 aliphatic rings. The summed E-state index contributed by atoms with van der Waals surface area (Å²) in [7, 11) is -2.99. The van der Waals surface area contributed by atoms with Gasteiger partial charge in [0.05, 0.1) is 22.1 Å². The first kappa shape index (κ1) is 19.4. The van der Waals surface area contributed by atoms with Crippen molar-refractivity contribution in [3.8, 4) is 10.8 Å². The average Bonchev–Trinajstić information content (AvgIpc) is 3.40. The first-order chi connectivity index (χ1) is 13.3. The minimum atomic E-state index is -2.99.